The summed E-state index contributed by atoms with van der Waals surface area (Å²) >= 11 is 0. The van der Waals surface area contributed by atoms with Crippen molar-refractivity contribution < 1.29 is 9.52 Å². The monoisotopic (exact) mass is 256 g/mol. The second kappa shape index (κ2) is 4.55. The average Bonchev–Trinajstić information content (AvgIpc) is 3.01. The first kappa shape index (κ1) is 12.0. The molecule has 0 saturated heterocycles. The second-order valence-corrected chi connectivity index (χ2v) is 4.63. The van der Waals surface area contributed by atoms with E-state index in [1.165, 1.54) is 0 Å². The van der Waals surface area contributed by atoms with Crippen LogP contribution in [0.2, 0.25) is 0 Å². The third-order valence-corrected chi connectivity index (χ3v) is 3.32. The predicted molar refractivity (Wildman–Crippen MR) is 72.9 cm³/mol. The molecule has 1 N–H and O–H groups in total. The van der Waals surface area contributed by atoms with Crippen molar-refractivity contribution in [1.82, 2.24) is 9.78 Å². The van der Waals surface area contributed by atoms with Crippen LogP contribution in [0.25, 0.3) is 11.0 Å². The van der Waals surface area contributed by atoms with Gasteiger partial charge in [0.25, 0.3) is 0 Å². The lowest BCUT2D eigenvalue weighted by atomic mass is 10.1. The van der Waals surface area contributed by atoms with Gasteiger partial charge in [-0.05, 0) is 24.6 Å². The molecule has 4 heteroatoms. The molecule has 1 unspecified atom stereocenters. The Balaban J connectivity index is 2.02. The summed E-state index contributed by atoms with van der Waals surface area (Å²) in [6.45, 7) is 2.04. The number of para-hydroxylation sites is 1. The molecule has 0 aliphatic rings. The van der Waals surface area contributed by atoms with Gasteiger partial charge in [-0.15, -0.1) is 0 Å². The fraction of sp³-hybridized carbons (Fsp3) is 0.267. The molecule has 0 amide bonds. The molecule has 4 nitrogen and oxygen atoms in total. The maximum Gasteiger partial charge on any atom is 0.153 e. The van der Waals surface area contributed by atoms with Crippen LogP contribution in [-0.4, -0.2) is 14.9 Å². The van der Waals surface area contributed by atoms with Gasteiger partial charge in [-0.1, -0.05) is 25.1 Å². The summed E-state index contributed by atoms with van der Waals surface area (Å²) in [6.07, 6.45) is 0.0611. The molecule has 0 spiro atoms. The summed E-state index contributed by atoms with van der Waals surface area (Å²) in [5.74, 6) is 0.548. The van der Waals surface area contributed by atoms with Crippen molar-refractivity contribution in [3.63, 3.8) is 0 Å². The Morgan fingerprint density at radius 3 is 2.79 bits per heavy atom. The molecule has 3 aromatic rings. The van der Waals surface area contributed by atoms with Crippen LogP contribution in [0.5, 0.6) is 0 Å². The van der Waals surface area contributed by atoms with Crippen molar-refractivity contribution in [2.24, 2.45) is 7.05 Å². The SMILES string of the molecule is CCc1cc(C(O)c2cc3ccccc3o2)n(C)n1. The van der Waals surface area contributed by atoms with E-state index >= 15 is 0 Å². The Kier molecular flexibility index (Phi) is 2.87. The van der Waals surface area contributed by atoms with E-state index in [1.807, 2.05) is 50.4 Å². The predicted octanol–water partition coefficient (Wildman–Crippen LogP) is 2.81. The van der Waals surface area contributed by atoms with Gasteiger partial charge in [0.05, 0.1) is 11.4 Å². The minimum atomic E-state index is -0.787. The fourth-order valence-electron chi connectivity index (χ4n) is 2.25. The quantitative estimate of drug-likeness (QED) is 0.784. The zero-order valence-electron chi connectivity index (χ0n) is 11.0. The largest absolute Gasteiger partial charge is 0.458 e. The minimum absolute atomic E-state index is 0.548. The smallest absolute Gasteiger partial charge is 0.153 e. The van der Waals surface area contributed by atoms with E-state index in [2.05, 4.69) is 5.10 Å². The highest BCUT2D eigenvalue weighted by molar-refractivity contribution is 5.77. The number of furan rings is 1. The third-order valence-electron chi connectivity index (χ3n) is 3.32. The Labute approximate surface area is 111 Å². The maximum absolute atomic E-state index is 10.4. The van der Waals surface area contributed by atoms with Crippen molar-refractivity contribution in [2.45, 2.75) is 19.4 Å². The van der Waals surface area contributed by atoms with E-state index in [1.54, 1.807) is 4.68 Å². The van der Waals surface area contributed by atoms with Crippen LogP contribution in [-0.2, 0) is 13.5 Å². The van der Waals surface area contributed by atoms with E-state index < -0.39 is 6.10 Å². The van der Waals surface area contributed by atoms with Gasteiger partial charge in [0.2, 0.25) is 0 Å². The Bertz CT molecular complexity index is 679. The fourth-order valence-corrected chi connectivity index (χ4v) is 2.25. The standard InChI is InChI=1S/C15H16N2O2/c1-3-11-9-12(17(2)16-11)15(18)14-8-10-6-4-5-7-13(10)19-14/h4-9,15,18H,3H2,1-2H3. The Morgan fingerprint density at radius 2 is 2.11 bits per heavy atom. The number of aliphatic hydroxyl groups excluding tert-OH is 1. The van der Waals surface area contributed by atoms with Crippen molar-refractivity contribution in [2.75, 3.05) is 0 Å². The number of aromatic nitrogens is 2. The number of fused-ring (bicyclic) bond motifs is 1. The summed E-state index contributed by atoms with van der Waals surface area (Å²) in [5, 5.41) is 15.8. The number of hydrogen-bond acceptors (Lipinski definition) is 3. The van der Waals surface area contributed by atoms with Crippen molar-refractivity contribution in [3.05, 3.63) is 53.5 Å². The lowest BCUT2D eigenvalue weighted by Crippen LogP contribution is -2.05. The van der Waals surface area contributed by atoms with Crippen LogP contribution in [0, 0.1) is 0 Å². The van der Waals surface area contributed by atoms with Crippen LogP contribution < -0.4 is 0 Å². The summed E-state index contributed by atoms with van der Waals surface area (Å²) in [4.78, 5) is 0. The van der Waals surface area contributed by atoms with Crippen LogP contribution in [0.4, 0.5) is 0 Å². The first-order valence-corrected chi connectivity index (χ1v) is 6.38. The van der Waals surface area contributed by atoms with Crippen LogP contribution in [0.15, 0.2) is 40.8 Å². The van der Waals surface area contributed by atoms with Gasteiger partial charge in [0.15, 0.2) is 6.10 Å². The zero-order chi connectivity index (χ0) is 13.4. The molecular formula is C15H16N2O2. The Hall–Kier alpha value is -2.07. The van der Waals surface area contributed by atoms with Gasteiger partial charge in [0, 0.05) is 12.4 Å². The molecule has 0 radical (unpaired) electrons. The number of benzene rings is 1. The van der Waals surface area contributed by atoms with Gasteiger partial charge < -0.3 is 9.52 Å². The molecule has 3 rings (SSSR count). The lowest BCUT2D eigenvalue weighted by Gasteiger charge is -2.07. The normalized spacial score (nSPS) is 13.0. The van der Waals surface area contributed by atoms with E-state index in [0.29, 0.717) is 5.76 Å². The van der Waals surface area contributed by atoms with Crippen molar-refractivity contribution in [1.29, 1.82) is 0 Å². The molecule has 0 aliphatic heterocycles. The summed E-state index contributed by atoms with van der Waals surface area (Å²) in [7, 11) is 1.83. The van der Waals surface area contributed by atoms with E-state index in [-0.39, 0.29) is 0 Å². The van der Waals surface area contributed by atoms with Gasteiger partial charge >= 0.3 is 0 Å². The van der Waals surface area contributed by atoms with Gasteiger partial charge in [-0.3, -0.25) is 4.68 Å². The Morgan fingerprint density at radius 1 is 1.32 bits per heavy atom. The highest BCUT2D eigenvalue weighted by Crippen LogP contribution is 2.28. The van der Waals surface area contributed by atoms with Gasteiger partial charge in [-0.2, -0.15) is 5.10 Å². The van der Waals surface area contributed by atoms with E-state index in [4.69, 9.17) is 4.42 Å². The second-order valence-electron chi connectivity index (χ2n) is 4.63. The molecule has 1 aromatic carbocycles. The number of aryl methyl sites for hydroxylation is 2. The number of nitrogens with zero attached hydrogens (tertiary/aromatic N) is 2. The van der Waals surface area contributed by atoms with Crippen molar-refractivity contribution >= 4 is 11.0 Å². The van der Waals surface area contributed by atoms with Crippen LogP contribution >= 0.6 is 0 Å². The molecule has 0 fully saturated rings. The van der Waals surface area contributed by atoms with Crippen LogP contribution in [0.1, 0.15) is 30.2 Å². The van der Waals surface area contributed by atoms with Crippen LogP contribution in [0.3, 0.4) is 0 Å². The maximum atomic E-state index is 10.4. The van der Waals surface area contributed by atoms with Gasteiger partial charge in [0.1, 0.15) is 11.3 Å². The molecule has 19 heavy (non-hydrogen) atoms. The molecule has 0 aliphatic carbocycles. The average molecular weight is 256 g/mol. The summed E-state index contributed by atoms with van der Waals surface area (Å²) < 4.78 is 7.40. The number of hydrogen-bond donors (Lipinski definition) is 1. The molecule has 1 atom stereocenters. The highest BCUT2D eigenvalue weighted by atomic mass is 16.4. The summed E-state index contributed by atoms with van der Waals surface area (Å²) in [5.41, 5.74) is 2.50. The first-order valence-electron chi connectivity index (χ1n) is 6.38. The van der Waals surface area contributed by atoms with Crippen molar-refractivity contribution in [3.8, 4) is 0 Å². The topological polar surface area (TPSA) is 51.2 Å². The molecule has 2 heterocycles. The summed E-state index contributed by atoms with van der Waals surface area (Å²) in [6, 6.07) is 11.5. The van der Waals surface area contributed by atoms with E-state index in [0.717, 1.165) is 28.8 Å². The molecule has 0 saturated carbocycles. The van der Waals surface area contributed by atoms with E-state index in [9.17, 15) is 5.11 Å². The number of rotatable bonds is 3. The lowest BCUT2D eigenvalue weighted by molar-refractivity contribution is 0.183. The third kappa shape index (κ3) is 2.04. The first-order chi connectivity index (χ1) is 9.19. The number of aliphatic hydroxyl groups is 1. The molecular weight excluding hydrogens is 240 g/mol. The molecule has 98 valence electrons. The van der Waals surface area contributed by atoms with Gasteiger partial charge in [-0.25, -0.2) is 0 Å². The minimum Gasteiger partial charge on any atom is -0.458 e. The zero-order valence-corrected chi connectivity index (χ0v) is 11.0. The molecule has 0 bridgehead atoms. The highest BCUT2D eigenvalue weighted by Gasteiger charge is 2.19. The molecule has 2 aromatic heterocycles.